The van der Waals surface area contributed by atoms with Crippen LogP contribution >= 0.6 is 11.5 Å². The zero-order valence-corrected chi connectivity index (χ0v) is 13.9. The zero-order valence-electron chi connectivity index (χ0n) is 13.1. The highest BCUT2D eigenvalue weighted by molar-refractivity contribution is 7.05. The highest BCUT2D eigenvalue weighted by Gasteiger charge is 2.27. The fourth-order valence-corrected chi connectivity index (χ4v) is 3.09. The summed E-state index contributed by atoms with van der Waals surface area (Å²) in [7, 11) is 0. The molecule has 3 N–H and O–H groups in total. The van der Waals surface area contributed by atoms with Crippen LogP contribution in [0.25, 0.3) is 0 Å². The maximum Gasteiger partial charge on any atom is 0.0857 e. The molecule has 0 radical (unpaired) electrons. The first-order chi connectivity index (χ1) is 9.95. The first-order valence-corrected chi connectivity index (χ1v) is 7.95. The van der Waals surface area contributed by atoms with Crippen LogP contribution in [-0.2, 0) is 18.3 Å². The van der Waals surface area contributed by atoms with Gasteiger partial charge in [-0.25, -0.2) is 0 Å². The number of nitrogens with two attached hydrogens (primary N) is 1. The van der Waals surface area contributed by atoms with Gasteiger partial charge in [0.1, 0.15) is 0 Å². The van der Waals surface area contributed by atoms with Crippen LogP contribution in [0.2, 0.25) is 0 Å². The smallest absolute Gasteiger partial charge is 0.0857 e. The van der Waals surface area contributed by atoms with Crippen LogP contribution in [-0.4, -0.2) is 14.6 Å². The van der Waals surface area contributed by atoms with Crippen LogP contribution in [0.15, 0.2) is 18.3 Å². The van der Waals surface area contributed by atoms with Crippen molar-refractivity contribution in [2.45, 2.75) is 52.0 Å². The summed E-state index contributed by atoms with van der Waals surface area (Å²) < 4.78 is 4.10. The average molecular weight is 305 g/mol. The fraction of sp³-hybridized carbons (Fsp3) is 0.533. The second-order valence-electron chi connectivity index (χ2n) is 6.17. The van der Waals surface area contributed by atoms with E-state index in [4.69, 9.17) is 5.84 Å². The predicted molar refractivity (Wildman–Crippen MR) is 86.0 cm³/mol. The third kappa shape index (κ3) is 3.84. The molecule has 2 aromatic heterocycles. The molecule has 21 heavy (non-hydrogen) atoms. The molecule has 0 aliphatic rings. The normalized spacial score (nSPS) is 13.4. The summed E-state index contributed by atoms with van der Waals surface area (Å²) in [5, 5.41) is 4.28. The largest absolute Gasteiger partial charge is 0.271 e. The van der Waals surface area contributed by atoms with E-state index in [1.807, 2.05) is 6.20 Å². The van der Waals surface area contributed by atoms with E-state index in [9.17, 15) is 0 Å². The Kier molecular flexibility index (Phi) is 5.03. The molecule has 2 heterocycles. The third-order valence-electron chi connectivity index (χ3n) is 3.45. The van der Waals surface area contributed by atoms with Crippen molar-refractivity contribution < 1.29 is 0 Å². The number of aromatic nitrogens is 3. The average Bonchev–Trinajstić information content (AvgIpc) is 2.95. The number of hydrazine groups is 1. The van der Waals surface area contributed by atoms with E-state index in [0.29, 0.717) is 0 Å². The van der Waals surface area contributed by atoms with E-state index in [2.05, 4.69) is 59.8 Å². The lowest BCUT2D eigenvalue weighted by Gasteiger charge is -2.21. The second-order valence-corrected chi connectivity index (χ2v) is 6.96. The molecular formula is C15H23N5S. The Balaban J connectivity index is 2.22. The Bertz CT molecular complexity index is 570. The Labute approximate surface area is 130 Å². The molecule has 2 aromatic rings. The summed E-state index contributed by atoms with van der Waals surface area (Å²) in [5.74, 6) is 5.75. The fourth-order valence-electron chi connectivity index (χ4n) is 2.17. The molecule has 6 heteroatoms. The van der Waals surface area contributed by atoms with E-state index >= 15 is 0 Å². The summed E-state index contributed by atoms with van der Waals surface area (Å²) >= 11 is 1.40. The molecule has 0 aromatic carbocycles. The summed E-state index contributed by atoms with van der Waals surface area (Å²) in [6, 6.07) is 4.17. The van der Waals surface area contributed by atoms with Gasteiger partial charge in [0.05, 0.1) is 16.6 Å². The molecule has 0 saturated heterocycles. The molecular weight excluding hydrogens is 282 g/mol. The minimum Gasteiger partial charge on any atom is -0.271 e. The topological polar surface area (TPSA) is 76.7 Å². The highest BCUT2D eigenvalue weighted by atomic mass is 32.1. The van der Waals surface area contributed by atoms with Gasteiger partial charge in [-0.15, -0.1) is 5.10 Å². The lowest BCUT2D eigenvalue weighted by molar-refractivity contribution is 0.512. The quantitative estimate of drug-likeness (QED) is 0.656. The van der Waals surface area contributed by atoms with Gasteiger partial charge in [0.2, 0.25) is 0 Å². The Hall–Kier alpha value is -1.37. The summed E-state index contributed by atoms with van der Waals surface area (Å²) in [6.45, 7) is 8.53. The van der Waals surface area contributed by atoms with Gasteiger partial charge >= 0.3 is 0 Å². The molecule has 0 aliphatic heterocycles. The SMILES string of the molecule is CCc1ccc(CC(NN)c2snnc2C(C)(C)C)nc1. The van der Waals surface area contributed by atoms with Crippen LogP contribution in [0.1, 0.15) is 55.6 Å². The van der Waals surface area contributed by atoms with Gasteiger partial charge in [0.15, 0.2) is 0 Å². The van der Waals surface area contributed by atoms with Crippen molar-refractivity contribution in [2.75, 3.05) is 0 Å². The summed E-state index contributed by atoms with van der Waals surface area (Å²) in [6.07, 6.45) is 3.66. The molecule has 0 spiro atoms. The van der Waals surface area contributed by atoms with Gasteiger partial charge in [-0.1, -0.05) is 38.2 Å². The van der Waals surface area contributed by atoms with Crippen molar-refractivity contribution in [3.63, 3.8) is 0 Å². The first-order valence-electron chi connectivity index (χ1n) is 7.18. The lowest BCUT2D eigenvalue weighted by atomic mass is 9.89. The zero-order chi connectivity index (χ0) is 15.5. The van der Waals surface area contributed by atoms with Crippen LogP contribution in [0.3, 0.4) is 0 Å². The van der Waals surface area contributed by atoms with E-state index in [0.717, 1.165) is 29.1 Å². The minimum absolute atomic E-state index is 0.0146. The van der Waals surface area contributed by atoms with Crippen LogP contribution in [0, 0.1) is 0 Å². The van der Waals surface area contributed by atoms with E-state index in [1.54, 1.807) is 0 Å². The number of pyridine rings is 1. The first kappa shape index (κ1) is 16.0. The van der Waals surface area contributed by atoms with Gasteiger partial charge in [-0.3, -0.25) is 16.3 Å². The van der Waals surface area contributed by atoms with Gasteiger partial charge in [0.25, 0.3) is 0 Å². The Morgan fingerprint density at radius 1 is 1.33 bits per heavy atom. The monoisotopic (exact) mass is 305 g/mol. The molecule has 1 unspecified atom stereocenters. The van der Waals surface area contributed by atoms with Gasteiger partial charge in [0, 0.05) is 23.7 Å². The third-order valence-corrected chi connectivity index (χ3v) is 4.29. The van der Waals surface area contributed by atoms with Crippen molar-refractivity contribution in [1.82, 2.24) is 20.0 Å². The molecule has 0 fully saturated rings. The number of hydrogen-bond donors (Lipinski definition) is 2. The highest BCUT2D eigenvalue weighted by Crippen LogP contribution is 2.31. The molecule has 5 nitrogen and oxygen atoms in total. The minimum atomic E-state index is -0.0447. The lowest BCUT2D eigenvalue weighted by Crippen LogP contribution is -2.31. The van der Waals surface area contributed by atoms with Crippen molar-refractivity contribution in [3.8, 4) is 0 Å². The van der Waals surface area contributed by atoms with E-state index in [-0.39, 0.29) is 11.5 Å². The molecule has 114 valence electrons. The second kappa shape index (κ2) is 6.60. The maximum absolute atomic E-state index is 5.75. The van der Waals surface area contributed by atoms with Crippen molar-refractivity contribution >= 4 is 11.5 Å². The van der Waals surface area contributed by atoms with Crippen molar-refractivity contribution in [1.29, 1.82) is 0 Å². The molecule has 0 amide bonds. The van der Waals surface area contributed by atoms with Gasteiger partial charge in [-0.05, 0) is 29.6 Å². The predicted octanol–water partition coefficient (Wildman–Crippen LogP) is 2.54. The number of aryl methyl sites for hydroxylation is 1. The van der Waals surface area contributed by atoms with Gasteiger partial charge in [-0.2, -0.15) is 0 Å². The van der Waals surface area contributed by atoms with Gasteiger partial charge < -0.3 is 0 Å². The van der Waals surface area contributed by atoms with Crippen LogP contribution < -0.4 is 11.3 Å². The molecule has 2 rings (SSSR count). The van der Waals surface area contributed by atoms with E-state index < -0.39 is 0 Å². The summed E-state index contributed by atoms with van der Waals surface area (Å²) in [4.78, 5) is 5.60. The van der Waals surface area contributed by atoms with Crippen LogP contribution in [0.5, 0.6) is 0 Å². The van der Waals surface area contributed by atoms with Crippen molar-refractivity contribution in [3.05, 3.63) is 40.2 Å². The van der Waals surface area contributed by atoms with Crippen molar-refractivity contribution in [2.24, 2.45) is 5.84 Å². The van der Waals surface area contributed by atoms with Crippen LogP contribution in [0.4, 0.5) is 0 Å². The molecule has 1 atom stereocenters. The Morgan fingerprint density at radius 2 is 2.10 bits per heavy atom. The number of hydrogen-bond acceptors (Lipinski definition) is 6. The maximum atomic E-state index is 5.75. The molecule has 0 saturated carbocycles. The summed E-state index contributed by atoms with van der Waals surface area (Å²) in [5.41, 5.74) is 6.10. The molecule has 0 bridgehead atoms. The number of rotatable bonds is 5. The van der Waals surface area contributed by atoms with E-state index in [1.165, 1.54) is 17.1 Å². The number of nitrogens with one attached hydrogen (secondary N) is 1. The standard InChI is InChI=1S/C15H23N5S/c1-5-10-6-7-11(17-9-10)8-12(18-16)13-14(15(2,3)4)19-20-21-13/h6-7,9,12,18H,5,8,16H2,1-4H3. The molecule has 0 aliphatic carbocycles. The Morgan fingerprint density at radius 3 is 2.62 bits per heavy atom. The number of nitrogens with zero attached hydrogens (tertiary/aromatic N) is 3.